The van der Waals surface area contributed by atoms with Crippen molar-refractivity contribution < 1.29 is 19.5 Å². The first-order valence-corrected chi connectivity index (χ1v) is 7.26. The monoisotopic (exact) mass is 285 g/mol. The van der Waals surface area contributed by atoms with Gasteiger partial charge in [-0.2, -0.15) is 0 Å². The van der Waals surface area contributed by atoms with Gasteiger partial charge in [-0.1, -0.05) is 0 Å². The summed E-state index contributed by atoms with van der Waals surface area (Å²) in [5, 5.41) is 8.41. The number of piperidine rings is 1. The lowest BCUT2D eigenvalue weighted by Gasteiger charge is -2.33. The summed E-state index contributed by atoms with van der Waals surface area (Å²) < 4.78 is 0. The molecule has 0 saturated carbocycles. The van der Waals surface area contributed by atoms with E-state index in [9.17, 15) is 9.59 Å². The number of carbonyl (C=O) groups excluding carboxylic acids is 1. The number of nitrogens with zero attached hydrogens (tertiary/aromatic N) is 2. The van der Waals surface area contributed by atoms with Crippen molar-refractivity contribution in [2.45, 2.75) is 25.7 Å². The van der Waals surface area contributed by atoms with Gasteiger partial charge in [-0.05, 0) is 44.7 Å². The summed E-state index contributed by atoms with van der Waals surface area (Å²) in [6.07, 6.45) is 4.62. The number of carbonyl (C=O) groups is 2. The smallest absolute Gasteiger partial charge is 0.341 e. The summed E-state index contributed by atoms with van der Waals surface area (Å²) in [6.45, 7) is 4.47. The number of carboxylic acids is 1. The van der Waals surface area contributed by atoms with Crippen LogP contribution in [0.3, 0.4) is 0 Å². The van der Waals surface area contributed by atoms with E-state index in [0.29, 0.717) is 19.0 Å². The molecule has 2 N–H and O–H groups in total. The molecule has 114 valence electrons. The van der Waals surface area contributed by atoms with Gasteiger partial charge in [0.05, 0.1) is 0 Å². The van der Waals surface area contributed by atoms with Gasteiger partial charge >= 0.3 is 12.0 Å². The van der Waals surface area contributed by atoms with Crippen LogP contribution in [-0.2, 0) is 9.63 Å². The van der Waals surface area contributed by atoms with Crippen LogP contribution in [-0.4, -0.2) is 66.2 Å². The zero-order valence-corrected chi connectivity index (χ0v) is 11.7. The van der Waals surface area contributed by atoms with Crippen LogP contribution in [0.1, 0.15) is 25.7 Å². The highest BCUT2D eigenvalue weighted by Gasteiger charge is 2.25. The Hall–Kier alpha value is -1.34. The van der Waals surface area contributed by atoms with Crippen molar-refractivity contribution in [2.24, 2.45) is 5.92 Å². The fraction of sp³-hybridized carbons (Fsp3) is 0.846. The minimum atomic E-state index is -1.10. The topological polar surface area (TPSA) is 82.1 Å². The number of nitrogens with one attached hydrogen (secondary N) is 1. The van der Waals surface area contributed by atoms with Crippen molar-refractivity contribution >= 4 is 12.0 Å². The molecule has 0 aliphatic carbocycles. The Balaban J connectivity index is 1.62. The van der Waals surface area contributed by atoms with Crippen LogP contribution < -0.4 is 5.48 Å². The summed E-state index contributed by atoms with van der Waals surface area (Å²) in [6, 6.07) is -0.342. The highest BCUT2D eigenvalue weighted by Crippen LogP contribution is 2.20. The minimum Gasteiger partial charge on any atom is -0.479 e. The van der Waals surface area contributed by atoms with Crippen LogP contribution in [0.25, 0.3) is 0 Å². The minimum absolute atomic E-state index is 0.342. The third-order valence-electron chi connectivity index (χ3n) is 3.97. The molecule has 7 nitrogen and oxygen atoms in total. The molecule has 2 aliphatic heterocycles. The van der Waals surface area contributed by atoms with E-state index >= 15 is 0 Å². The molecule has 0 unspecified atom stereocenters. The van der Waals surface area contributed by atoms with Crippen LogP contribution in [0.4, 0.5) is 4.79 Å². The number of amides is 2. The van der Waals surface area contributed by atoms with Gasteiger partial charge in [-0.25, -0.2) is 15.1 Å². The van der Waals surface area contributed by atoms with E-state index < -0.39 is 12.6 Å². The van der Waals surface area contributed by atoms with Crippen LogP contribution in [0.15, 0.2) is 0 Å². The van der Waals surface area contributed by atoms with E-state index in [1.807, 2.05) is 0 Å². The summed E-state index contributed by atoms with van der Waals surface area (Å²) >= 11 is 0. The van der Waals surface area contributed by atoms with Crippen LogP contribution in [0.5, 0.6) is 0 Å². The molecule has 0 spiro atoms. The number of urea groups is 1. The summed E-state index contributed by atoms with van der Waals surface area (Å²) in [4.78, 5) is 30.8. The average Bonchev–Trinajstić information content (AvgIpc) is 2.92. The van der Waals surface area contributed by atoms with E-state index in [1.54, 1.807) is 4.90 Å². The van der Waals surface area contributed by atoms with Crippen molar-refractivity contribution in [1.82, 2.24) is 15.3 Å². The number of rotatable bonds is 5. The first-order valence-electron chi connectivity index (χ1n) is 7.26. The molecule has 0 radical (unpaired) electrons. The van der Waals surface area contributed by atoms with Crippen LogP contribution in [0, 0.1) is 5.92 Å². The molecule has 2 aliphatic rings. The second-order valence-electron chi connectivity index (χ2n) is 5.53. The Morgan fingerprint density at radius 3 is 2.40 bits per heavy atom. The van der Waals surface area contributed by atoms with Crippen LogP contribution in [0.2, 0.25) is 0 Å². The molecule has 2 rings (SSSR count). The number of hydrogen-bond acceptors (Lipinski definition) is 4. The lowest BCUT2D eigenvalue weighted by Crippen LogP contribution is -2.46. The summed E-state index contributed by atoms with van der Waals surface area (Å²) in [7, 11) is 0. The van der Waals surface area contributed by atoms with E-state index in [4.69, 9.17) is 5.11 Å². The molecule has 0 aromatic carbocycles. The molecule has 0 aromatic rings. The standard InChI is InChI=1S/C13H23N3O4/c17-12(18)10-20-14-13(19)16-7-3-11(4-8-16)9-15-5-1-2-6-15/h11H,1-10H2,(H,14,19)(H,17,18). The molecule has 2 amide bonds. The van der Waals surface area contributed by atoms with Crippen LogP contribution >= 0.6 is 0 Å². The predicted molar refractivity (Wildman–Crippen MR) is 72.1 cm³/mol. The largest absolute Gasteiger partial charge is 0.479 e. The maximum Gasteiger partial charge on any atom is 0.341 e. The number of carboxylic acid groups (broad SMARTS) is 1. The average molecular weight is 285 g/mol. The second kappa shape index (κ2) is 7.44. The molecule has 0 bridgehead atoms. The number of likely N-dealkylation sites (tertiary alicyclic amines) is 2. The lowest BCUT2D eigenvalue weighted by atomic mass is 9.96. The summed E-state index contributed by atoms with van der Waals surface area (Å²) in [5.41, 5.74) is 2.17. The van der Waals surface area contributed by atoms with Gasteiger partial charge in [0, 0.05) is 19.6 Å². The SMILES string of the molecule is O=C(O)CONC(=O)N1CCC(CN2CCCC2)CC1. The first kappa shape index (κ1) is 15.1. The zero-order valence-electron chi connectivity index (χ0n) is 11.7. The zero-order chi connectivity index (χ0) is 14.4. The molecule has 2 heterocycles. The van der Waals surface area contributed by atoms with E-state index in [2.05, 4.69) is 15.2 Å². The number of hydrogen-bond donors (Lipinski definition) is 2. The predicted octanol–water partition coefficient (Wildman–Crippen LogP) is 0.520. The van der Waals surface area contributed by atoms with Crippen molar-refractivity contribution in [2.75, 3.05) is 39.3 Å². The van der Waals surface area contributed by atoms with Gasteiger partial charge in [-0.3, -0.25) is 4.84 Å². The Bertz CT molecular complexity index is 337. The number of aliphatic carboxylic acids is 1. The molecular formula is C13H23N3O4. The second-order valence-corrected chi connectivity index (χ2v) is 5.53. The third-order valence-corrected chi connectivity index (χ3v) is 3.97. The van der Waals surface area contributed by atoms with Crippen molar-refractivity contribution in [3.8, 4) is 0 Å². The van der Waals surface area contributed by atoms with Gasteiger partial charge in [-0.15, -0.1) is 0 Å². The highest BCUT2D eigenvalue weighted by atomic mass is 16.7. The van der Waals surface area contributed by atoms with Gasteiger partial charge in [0.15, 0.2) is 6.61 Å². The third kappa shape index (κ3) is 4.64. The quantitative estimate of drug-likeness (QED) is 0.720. The Morgan fingerprint density at radius 2 is 1.80 bits per heavy atom. The Labute approximate surface area is 118 Å². The van der Waals surface area contributed by atoms with E-state index in [0.717, 1.165) is 19.4 Å². The van der Waals surface area contributed by atoms with Gasteiger partial charge < -0.3 is 14.9 Å². The molecule has 0 aromatic heterocycles. The normalized spacial score (nSPS) is 21.1. The Kier molecular flexibility index (Phi) is 5.60. The highest BCUT2D eigenvalue weighted by molar-refractivity contribution is 5.73. The molecular weight excluding hydrogens is 262 g/mol. The summed E-state index contributed by atoms with van der Waals surface area (Å²) in [5.74, 6) is -0.438. The maximum atomic E-state index is 11.7. The van der Waals surface area contributed by atoms with E-state index in [1.165, 1.54) is 25.9 Å². The first-order chi connectivity index (χ1) is 9.65. The molecule has 20 heavy (non-hydrogen) atoms. The lowest BCUT2D eigenvalue weighted by molar-refractivity contribution is -0.144. The van der Waals surface area contributed by atoms with Gasteiger partial charge in [0.1, 0.15) is 0 Å². The van der Waals surface area contributed by atoms with Crippen molar-refractivity contribution in [3.05, 3.63) is 0 Å². The van der Waals surface area contributed by atoms with E-state index in [-0.39, 0.29) is 6.03 Å². The fourth-order valence-electron chi connectivity index (χ4n) is 2.87. The fourth-order valence-corrected chi connectivity index (χ4v) is 2.87. The Morgan fingerprint density at radius 1 is 1.15 bits per heavy atom. The molecule has 2 fully saturated rings. The van der Waals surface area contributed by atoms with Gasteiger partial charge in [0.25, 0.3) is 0 Å². The van der Waals surface area contributed by atoms with Crippen molar-refractivity contribution in [1.29, 1.82) is 0 Å². The molecule has 2 saturated heterocycles. The maximum absolute atomic E-state index is 11.7. The molecule has 7 heteroatoms. The van der Waals surface area contributed by atoms with Crippen molar-refractivity contribution in [3.63, 3.8) is 0 Å². The van der Waals surface area contributed by atoms with Gasteiger partial charge in [0.2, 0.25) is 0 Å². The number of hydroxylamine groups is 1. The molecule has 0 atom stereocenters.